The van der Waals surface area contributed by atoms with Crippen LogP contribution in [0.25, 0.3) is 0 Å². The molecule has 0 spiro atoms. The smallest absolute Gasteiger partial charge is 0.287 e. The van der Waals surface area contributed by atoms with Crippen molar-refractivity contribution in [2.24, 2.45) is 0 Å². The highest BCUT2D eigenvalue weighted by Crippen LogP contribution is 2.22. The Balaban J connectivity index is 1.72. The Hall–Kier alpha value is -2.11. The quantitative estimate of drug-likeness (QED) is 0.921. The van der Waals surface area contributed by atoms with Gasteiger partial charge in [0.1, 0.15) is 0 Å². The first-order chi connectivity index (χ1) is 11.2. The largest absolute Gasteiger partial charge is 0.459 e. The van der Waals surface area contributed by atoms with Crippen molar-refractivity contribution in [3.8, 4) is 0 Å². The van der Waals surface area contributed by atoms with Gasteiger partial charge in [0.05, 0.1) is 25.5 Å². The topological polar surface area (TPSA) is 54.7 Å². The van der Waals surface area contributed by atoms with Gasteiger partial charge in [-0.15, -0.1) is 0 Å². The Morgan fingerprint density at radius 1 is 1.22 bits per heavy atom. The molecule has 1 N–H and O–H groups in total. The van der Waals surface area contributed by atoms with Crippen molar-refractivity contribution in [1.82, 2.24) is 10.2 Å². The van der Waals surface area contributed by atoms with E-state index in [2.05, 4.69) is 41.4 Å². The Morgan fingerprint density at radius 3 is 2.61 bits per heavy atom. The molecule has 1 aromatic carbocycles. The van der Waals surface area contributed by atoms with Crippen LogP contribution in [0.15, 0.2) is 47.1 Å². The van der Waals surface area contributed by atoms with Gasteiger partial charge in [-0.1, -0.05) is 29.8 Å². The van der Waals surface area contributed by atoms with Gasteiger partial charge in [0.25, 0.3) is 5.91 Å². The summed E-state index contributed by atoms with van der Waals surface area (Å²) in [4.78, 5) is 14.5. The minimum absolute atomic E-state index is 0.137. The fraction of sp³-hybridized carbons (Fsp3) is 0.389. The van der Waals surface area contributed by atoms with E-state index in [0.717, 1.165) is 26.3 Å². The highest BCUT2D eigenvalue weighted by Gasteiger charge is 2.23. The number of aryl methyl sites for hydroxylation is 1. The van der Waals surface area contributed by atoms with E-state index in [1.165, 1.54) is 17.4 Å². The molecule has 1 saturated heterocycles. The lowest BCUT2D eigenvalue weighted by molar-refractivity contribution is 0.0161. The van der Waals surface area contributed by atoms with Gasteiger partial charge in [-0.2, -0.15) is 0 Å². The minimum Gasteiger partial charge on any atom is -0.459 e. The van der Waals surface area contributed by atoms with E-state index < -0.39 is 0 Å². The summed E-state index contributed by atoms with van der Waals surface area (Å²) in [5.41, 5.74) is 2.44. The van der Waals surface area contributed by atoms with E-state index >= 15 is 0 Å². The SMILES string of the molecule is Cc1ccc([C@@H](CNC(=O)c2ccco2)N2CCOCC2)cc1. The third-order valence-corrected chi connectivity index (χ3v) is 4.15. The van der Waals surface area contributed by atoms with Crippen molar-refractivity contribution in [2.45, 2.75) is 13.0 Å². The first-order valence-electron chi connectivity index (χ1n) is 7.94. The molecule has 0 aliphatic carbocycles. The zero-order valence-electron chi connectivity index (χ0n) is 13.3. The molecule has 0 saturated carbocycles. The molecular formula is C18H22N2O3. The maximum atomic E-state index is 12.1. The summed E-state index contributed by atoms with van der Waals surface area (Å²) < 4.78 is 10.6. The number of morpholine rings is 1. The summed E-state index contributed by atoms with van der Waals surface area (Å²) in [5.74, 6) is 0.162. The predicted octanol–water partition coefficient (Wildman–Crippen LogP) is 2.39. The van der Waals surface area contributed by atoms with Gasteiger partial charge in [-0.05, 0) is 24.6 Å². The lowest BCUT2D eigenvalue weighted by atomic mass is 10.0. The zero-order valence-corrected chi connectivity index (χ0v) is 13.3. The minimum atomic E-state index is -0.180. The van der Waals surface area contributed by atoms with Crippen LogP contribution in [0.2, 0.25) is 0 Å². The van der Waals surface area contributed by atoms with Crippen molar-refractivity contribution < 1.29 is 13.9 Å². The second-order valence-electron chi connectivity index (χ2n) is 5.76. The molecule has 3 rings (SSSR count). The Bertz CT molecular complexity index is 616. The van der Waals surface area contributed by atoms with Crippen molar-refractivity contribution in [3.05, 3.63) is 59.5 Å². The zero-order chi connectivity index (χ0) is 16.1. The Labute approximate surface area is 136 Å². The summed E-state index contributed by atoms with van der Waals surface area (Å²) in [5, 5.41) is 2.98. The number of carbonyl (C=O) groups excluding carboxylic acids is 1. The predicted molar refractivity (Wildman–Crippen MR) is 87.4 cm³/mol. The molecule has 1 aliphatic heterocycles. The fourth-order valence-corrected chi connectivity index (χ4v) is 2.82. The molecule has 122 valence electrons. The number of benzene rings is 1. The third kappa shape index (κ3) is 4.00. The Morgan fingerprint density at radius 2 is 1.96 bits per heavy atom. The molecule has 1 atom stereocenters. The van der Waals surface area contributed by atoms with Crippen molar-refractivity contribution in [1.29, 1.82) is 0 Å². The number of hydrogen-bond acceptors (Lipinski definition) is 4. The van der Waals surface area contributed by atoms with Gasteiger partial charge in [-0.3, -0.25) is 9.69 Å². The molecule has 0 radical (unpaired) electrons. The van der Waals surface area contributed by atoms with E-state index in [0.29, 0.717) is 12.3 Å². The maximum Gasteiger partial charge on any atom is 0.287 e. The van der Waals surface area contributed by atoms with Crippen LogP contribution >= 0.6 is 0 Å². The van der Waals surface area contributed by atoms with Crippen LogP contribution in [0, 0.1) is 6.92 Å². The van der Waals surface area contributed by atoms with E-state index in [-0.39, 0.29) is 11.9 Å². The normalized spacial score (nSPS) is 16.9. The first-order valence-corrected chi connectivity index (χ1v) is 7.94. The fourth-order valence-electron chi connectivity index (χ4n) is 2.82. The number of nitrogens with one attached hydrogen (secondary N) is 1. The second kappa shape index (κ2) is 7.44. The highest BCUT2D eigenvalue weighted by molar-refractivity contribution is 5.91. The molecule has 1 aromatic heterocycles. The van der Waals surface area contributed by atoms with Gasteiger partial charge in [0.2, 0.25) is 0 Å². The molecule has 5 heteroatoms. The van der Waals surface area contributed by atoms with E-state index in [1.807, 2.05) is 0 Å². The summed E-state index contributed by atoms with van der Waals surface area (Å²) in [6, 6.07) is 12.0. The van der Waals surface area contributed by atoms with Crippen molar-refractivity contribution in [3.63, 3.8) is 0 Å². The maximum absolute atomic E-state index is 12.1. The van der Waals surface area contributed by atoms with Gasteiger partial charge in [0.15, 0.2) is 5.76 Å². The molecule has 1 fully saturated rings. The van der Waals surface area contributed by atoms with Crippen LogP contribution < -0.4 is 5.32 Å². The van der Waals surface area contributed by atoms with Gasteiger partial charge >= 0.3 is 0 Å². The second-order valence-corrected chi connectivity index (χ2v) is 5.76. The molecule has 0 bridgehead atoms. The Kier molecular flexibility index (Phi) is 5.10. The van der Waals surface area contributed by atoms with Gasteiger partial charge < -0.3 is 14.5 Å². The lowest BCUT2D eigenvalue weighted by Crippen LogP contribution is -2.43. The van der Waals surface area contributed by atoms with Crippen LogP contribution in [0.1, 0.15) is 27.7 Å². The van der Waals surface area contributed by atoms with Crippen LogP contribution in [0.5, 0.6) is 0 Å². The molecule has 2 aromatic rings. The highest BCUT2D eigenvalue weighted by atomic mass is 16.5. The standard InChI is InChI=1S/C18H22N2O3/c1-14-4-6-15(7-5-14)16(20-8-11-22-12-9-20)13-19-18(21)17-3-2-10-23-17/h2-7,10,16H,8-9,11-13H2,1H3,(H,19,21)/t16-/m1/s1. The molecule has 0 unspecified atom stereocenters. The molecular weight excluding hydrogens is 292 g/mol. The molecule has 5 nitrogen and oxygen atoms in total. The average Bonchev–Trinajstić information content (AvgIpc) is 3.12. The van der Waals surface area contributed by atoms with E-state index in [4.69, 9.17) is 9.15 Å². The summed E-state index contributed by atoms with van der Waals surface area (Å²) in [7, 11) is 0. The molecule has 1 amide bonds. The number of furan rings is 1. The van der Waals surface area contributed by atoms with E-state index in [1.54, 1.807) is 12.1 Å². The number of carbonyl (C=O) groups is 1. The van der Waals surface area contributed by atoms with Gasteiger partial charge in [0, 0.05) is 19.6 Å². The van der Waals surface area contributed by atoms with Crippen molar-refractivity contribution in [2.75, 3.05) is 32.8 Å². The lowest BCUT2D eigenvalue weighted by Gasteiger charge is -2.35. The summed E-state index contributed by atoms with van der Waals surface area (Å²) >= 11 is 0. The number of amides is 1. The molecule has 1 aliphatic rings. The van der Waals surface area contributed by atoms with Crippen LogP contribution in [-0.4, -0.2) is 43.7 Å². The van der Waals surface area contributed by atoms with Gasteiger partial charge in [-0.25, -0.2) is 0 Å². The summed E-state index contributed by atoms with van der Waals surface area (Å²) in [6.07, 6.45) is 1.51. The number of nitrogens with zero attached hydrogens (tertiary/aromatic N) is 1. The number of ether oxygens (including phenoxy) is 1. The molecule has 2 heterocycles. The number of hydrogen-bond donors (Lipinski definition) is 1. The van der Waals surface area contributed by atoms with Crippen molar-refractivity contribution >= 4 is 5.91 Å². The number of rotatable bonds is 5. The average molecular weight is 314 g/mol. The molecule has 23 heavy (non-hydrogen) atoms. The summed E-state index contributed by atoms with van der Waals surface area (Å²) in [6.45, 7) is 5.82. The van der Waals surface area contributed by atoms with Crippen LogP contribution in [0.4, 0.5) is 0 Å². The monoisotopic (exact) mass is 314 g/mol. The van der Waals surface area contributed by atoms with Crippen LogP contribution in [0.3, 0.4) is 0 Å². The van der Waals surface area contributed by atoms with E-state index in [9.17, 15) is 4.79 Å². The third-order valence-electron chi connectivity index (χ3n) is 4.15. The van der Waals surface area contributed by atoms with Crippen LogP contribution in [-0.2, 0) is 4.74 Å². The first kappa shape index (κ1) is 15.8.